The number of hydrogen-bond donors (Lipinski definition) is 1. The van der Waals surface area contributed by atoms with E-state index in [1.807, 2.05) is 19.2 Å². The molecule has 1 N–H and O–H groups in total. The van der Waals surface area contributed by atoms with Crippen molar-refractivity contribution in [2.24, 2.45) is 10.9 Å². The Balaban J connectivity index is 0.00000338. The van der Waals surface area contributed by atoms with Gasteiger partial charge in [-0.25, -0.2) is 0 Å². The lowest BCUT2D eigenvalue weighted by molar-refractivity contribution is 0.181. The molecule has 6 nitrogen and oxygen atoms in total. The number of nitrogens with one attached hydrogen (secondary N) is 1. The van der Waals surface area contributed by atoms with Crippen molar-refractivity contribution in [2.75, 3.05) is 61.6 Å². The fourth-order valence-corrected chi connectivity index (χ4v) is 3.29. The summed E-state index contributed by atoms with van der Waals surface area (Å²) in [6.45, 7) is 3.44. The Morgan fingerprint density at radius 3 is 2.65 bits per heavy atom. The molecular formula is C19H33IN4O2. The SMILES string of the molecule is CN=C(NCC(c1ccccc1OC)N(C)C)N(C)CC1CCOC1.I. The lowest BCUT2D eigenvalue weighted by Gasteiger charge is -2.30. The lowest BCUT2D eigenvalue weighted by atomic mass is 10.0. The van der Waals surface area contributed by atoms with Crippen LogP contribution in [0.1, 0.15) is 18.0 Å². The van der Waals surface area contributed by atoms with Crippen LogP contribution in [0.15, 0.2) is 29.3 Å². The van der Waals surface area contributed by atoms with Crippen molar-refractivity contribution in [1.29, 1.82) is 0 Å². The van der Waals surface area contributed by atoms with Gasteiger partial charge < -0.3 is 24.6 Å². The van der Waals surface area contributed by atoms with Crippen molar-refractivity contribution in [3.8, 4) is 5.75 Å². The third kappa shape index (κ3) is 6.28. The van der Waals surface area contributed by atoms with Crippen LogP contribution in [-0.2, 0) is 4.74 Å². The zero-order valence-electron chi connectivity index (χ0n) is 16.6. The molecule has 2 unspecified atom stereocenters. The first kappa shape index (κ1) is 23.0. The Labute approximate surface area is 175 Å². The van der Waals surface area contributed by atoms with E-state index in [4.69, 9.17) is 9.47 Å². The molecule has 2 rings (SSSR count). The Morgan fingerprint density at radius 2 is 2.08 bits per heavy atom. The fraction of sp³-hybridized carbons (Fsp3) is 0.632. The molecule has 1 heterocycles. The molecule has 0 radical (unpaired) electrons. The predicted octanol–water partition coefficient (Wildman–Crippen LogP) is 2.46. The zero-order chi connectivity index (χ0) is 18.2. The maximum Gasteiger partial charge on any atom is 0.193 e. The van der Waals surface area contributed by atoms with E-state index in [1.165, 1.54) is 5.56 Å². The highest BCUT2D eigenvalue weighted by atomic mass is 127. The van der Waals surface area contributed by atoms with Crippen LogP contribution >= 0.6 is 24.0 Å². The number of halogens is 1. The monoisotopic (exact) mass is 476 g/mol. The highest BCUT2D eigenvalue weighted by molar-refractivity contribution is 14.0. The Kier molecular flexibility index (Phi) is 10.3. The van der Waals surface area contributed by atoms with Gasteiger partial charge in [0.15, 0.2) is 5.96 Å². The van der Waals surface area contributed by atoms with Crippen molar-refractivity contribution in [1.82, 2.24) is 15.1 Å². The largest absolute Gasteiger partial charge is 0.496 e. The van der Waals surface area contributed by atoms with Gasteiger partial charge in [-0.05, 0) is 26.6 Å². The van der Waals surface area contributed by atoms with Crippen LogP contribution in [0.25, 0.3) is 0 Å². The molecule has 0 aliphatic carbocycles. The van der Waals surface area contributed by atoms with E-state index in [9.17, 15) is 0 Å². The Bertz CT molecular complexity index is 562. The molecule has 2 atom stereocenters. The van der Waals surface area contributed by atoms with Gasteiger partial charge >= 0.3 is 0 Å². The Morgan fingerprint density at radius 1 is 1.35 bits per heavy atom. The molecule has 1 aromatic carbocycles. The summed E-state index contributed by atoms with van der Waals surface area (Å²) in [4.78, 5) is 8.82. The van der Waals surface area contributed by atoms with Crippen LogP contribution in [0, 0.1) is 5.92 Å². The molecule has 1 saturated heterocycles. The minimum Gasteiger partial charge on any atom is -0.496 e. The number of rotatable bonds is 7. The summed E-state index contributed by atoms with van der Waals surface area (Å²) < 4.78 is 11.0. The van der Waals surface area contributed by atoms with E-state index in [0.29, 0.717) is 5.92 Å². The number of ether oxygens (including phenoxy) is 2. The topological polar surface area (TPSA) is 49.3 Å². The maximum atomic E-state index is 5.54. The van der Waals surface area contributed by atoms with Gasteiger partial charge in [0.2, 0.25) is 0 Å². The minimum absolute atomic E-state index is 0. The quantitative estimate of drug-likeness (QED) is 0.372. The van der Waals surface area contributed by atoms with Crippen LogP contribution in [-0.4, -0.2) is 77.4 Å². The van der Waals surface area contributed by atoms with E-state index in [2.05, 4.69) is 53.4 Å². The van der Waals surface area contributed by atoms with Crippen molar-refractivity contribution < 1.29 is 9.47 Å². The summed E-state index contributed by atoms with van der Waals surface area (Å²) in [5.41, 5.74) is 1.17. The van der Waals surface area contributed by atoms with Crippen LogP contribution in [0.5, 0.6) is 5.75 Å². The van der Waals surface area contributed by atoms with Gasteiger partial charge in [0.05, 0.1) is 19.8 Å². The van der Waals surface area contributed by atoms with Gasteiger partial charge in [-0.3, -0.25) is 4.99 Å². The summed E-state index contributed by atoms with van der Waals surface area (Å²) in [5, 5.41) is 3.51. The minimum atomic E-state index is 0. The van der Waals surface area contributed by atoms with Crippen LogP contribution in [0.3, 0.4) is 0 Å². The number of methoxy groups -OCH3 is 1. The molecule has 0 bridgehead atoms. The second kappa shape index (κ2) is 11.6. The van der Waals surface area contributed by atoms with Gasteiger partial charge in [0, 0.05) is 45.3 Å². The first-order chi connectivity index (χ1) is 12.1. The number of likely N-dealkylation sites (N-methyl/N-ethyl adjacent to an activating group) is 1. The molecular weight excluding hydrogens is 443 g/mol. The molecule has 1 aliphatic heterocycles. The van der Waals surface area contributed by atoms with Crippen LogP contribution < -0.4 is 10.1 Å². The van der Waals surface area contributed by atoms with Gasteiger partial charge in [-0.2, -0.15) is 0 Å². The van der Waals surface area contributed by atoms with Gasteiger partial charge in [-0.15, -0.1) is 24.0 Å². The van der Waals surface area contributed by atoms with E-state index < -0.39 is 0 Å². The molecule has 1 aliphatic rings. The average molecular weight is 476 g/mol. The van der Waals surface area contributed by atoms with Crippen molar-refractivity contribution in [2.45, 2.75) is 12.5 Å². The van der Waals surface area contributed by atoms with Crippen molar-refractivity contribution in [3.63, 3.8) is 0 Å². The lowest BCUT2D eigenvalue weighted by Crippen LogP contribution is -2.44. The summed E-state index contributed by atoms with van der Waals surface area (Å²) in [7, 11) is 9.80. The number of aliphatic imine (C=N–C) groups is 1. The van der Waals surface area contributed by atoms with Gasteiger partial charge in [0.25, 0.3) is 0 Å². The smallest absolute Gasteiger partial charge is 0.193 e. The van der Waals surface area contributed by atoms with Gasteiger partial charge in [0.1, 0.15) is 5.75 Å². The molecule has 1 fully saturated rings. The fourth-order valence-electron chi connectivity index (χ4n) is 3.29. The molecule has 0 saturated carbocycles. The number of nitrogens with zero attached hydrogens (tertiary/aromatic N) is 3. The molecule has 0 spiro atoms. The number of benzene rings is 1. The summed E-state index contributed by atoms with van der Waals surface area (Å²) in [6.07, 6.45) is 1.13. The highest BCUT2D eigenvalue weighted by Gasteiger charge is 2.21. The van der Waals surface area contributed by atoms with Gasteiger partial charge in [-0.1, -0.05) is 18.2 Å². The first-order valence-corrected chi connectivity index (χ1v) is 8.85. The third-order valence-electron chi connectivity index (χ3n) is 4.70. The van der Waals surface area contributed by atoms with Crippen molar-refractivity contribution in [3.05, 3.63) is 29.8 Å². The maximum absolute atomic E-state index is 5.54. The van der Waals surface area contributed by atoms with E-state index in [0.717, 1.165) is 44.4 Å². The summed E-state index contributed by atoms with van der Waals surface area (Å²) >= 11 is 0. The van der Waals surface area contributed by atoms with Crippen LogP contribution in [0.4, 0.5) is 0 Å². The summed E-state index contributed by atoms with van der Waals surface area (Å²) in [6, 6.07) is 8.37. The Hall–Kier alpha value is -1.06. The highest BCUT2D eigenvalue weighted by Crippen LogP contribution is 2.27. The average Bonchev–Trinajstić information content (AvgIpc) is 3.11. The summed E-state index contributed by atoms with van der Waals surface area (Å²) in [5.74, 6) is 2.41. The van der Waals surface area contributed by atoms with Crippen molar-refractivity contribution >= 4 is 29.9 Å². The first-order valence-electron chi connectivity index (χ1n) is 8.85. The molecule has 0 amide bonds. The third-order valence-corrected chi connectivity index (χ3v) is 4.70. The van der Waals surface area contributed by atoms with E-state index in [-0.39, 0.29) is 30.0 Å². The molecule has 1 aromatic rings. The zero-order valence-corrected chi connectivity index (χ0v) is 18.9. The molecule has 26 heavy (non-hydrogen) atoms. The molecule has 0 aromatic heterocycles. The second-order valence-electron chi connectivity index (χ2n) is 6.76. The van der Waals surface area contributed by atoms with Crippen LogP contribution in [0.2, 0.25) is 0 Å². The molecule has 148 valence electrons. The van der Waals surface area contributed by atoms with E-state index >= 15 is 0 Å². The predicted molar refractivity (Wildman–Crippen MR) is 118 cm³/mol. The standard InChI is InChI=1S/C19H32N4O2.HI/c1-20-19(23(4)13-15-10-11-25-14-15)21-12-17(22(2)3)16-8-6-7-9-18(16)24-5;/h6-9,15,17H,10-14H2,1-5H3,(H,20,21);1H. The van der Waals surface area contributed by atoms with E-state index in [1.54, 1.807) is 7.11 Å². The number of hydrogen-bond acceptors (Lipinski definition) is 4. The normalized spacial score (nSPS) is 18.4. The number of para-hydroxylation sites is 1. The second-order valence-corrected chi connectivity index (χ2v) is 6.76. The molecule has 7 heteroatoms. The number of guanidine groups is 1.